The third-order valence-corrected chi connectivity index (χ3v) is 4.52. The zero-order valence-electron chi connectivity index (χ0n) is 16.1. The molecule has 2 N–H and O–H groups in total. The van der Waals surface area contributed by atoms with Crippen molar-refractivity contribution in [2.75, 3.05) is 33.3 Å². The molecule has 5 nitrogen and oxygen atoms in total. The topological polar surface area (TPSA) is 48.9 Å². The van der Waals surface area contributed by atoms with Crippen LogP contribution in [0, 0.1) is 5.92 Å². The number of guanidine groups is 1. The molecule has 0 aliphatic heterocycles. The van der Waals surface area contributed by atoms with E-state index in [9.17, 15) is 0 Å². The average molecular weight is 327 g/mol. The highest BCUT2D eigenvalue weighted by molar-refractivity contribution is 5.79. The lowest BCUT2D eigenvalue weighted by molar-refractivity contribution is 0.0258. The summed E-state index contributed by atoms with van der Waals surface area (Å²) >= 11 is 0. The standard InChI is InChI=1S/C18H38N4O/c1-7-19-18(20-12-11-17(14(3)4)23-8-2)21-13-15(5)22(6)16-9-10-16/h14-17H,7-13H2,1-6H3,(H2,19,20,21). The van der Waals surface area contributed by atoms with Crippen LogP contribution in [0.3, 0.4) is 0 Å². The number of rotatable bonds is 11. The summed E-state index contributed by atoms with van der Waals surface area (Å²) < 4.78 is 5.80. The summed E-state index contributed by atoms with van der Waals surface area (Å²) in [5.41, 5.74) is 0. The van der Waals surface area contributed by atoms with Gasteiger partial charge in [-0.2, -0.15) is 0 Å². The summed E-state index contributed by atoms with van der Waals surface area (Å²) in [6, 6.07) is 1.28. The molecule has 2 unspecified atom stereocenters. The van der Waals surface area contributed by atoms with Crippen molar-refractivity contribution in [2.24, 2.45) is 10.9 Å². The molecule has 2 atom stereocenters. The number of nitrogens with zero attached hydrogens (tertiary/aromatic N) is 2. The maximum Gasteiger partial charge on any atom is 0.191 e. The van der Waals surface area contributed by atoms with Gasteiger partial charge in [-0.15, -0.1) is 0 Å². The zero-order chi connectivity index (χ0) is 17.2. The lowest BCUT2D eigenvalue weighted by Gasteiger charge is -2.24. The van der Waals surface area contributed by atoms with Gasteiger partial charge in [-0.3, -0.25) is 9.89 Å². The van der Waals surface area contributed by atoms with Crippen LogP contribution in [0.4, 0.5) is 0 Å². The fourth-order valence-corrected chi connectivity index (χ4v) is 2.69. The van der Waals surface area contributed by atoms with E-state index in [4.69, 9.17) is 9.73 Å². The first-order valence-electron chi connectivity index (χ1n) is 9.35. The van der Waals surface area contributed by atoms with Crippen molar-refractivity contribution in [3.8, 4) is 0 Å². The maximum absolute atomic E-state index is 5.80. The van der Waals surface area contributed by atoms with E-state index in [2.05, 4.69) is 57.2 Å². The van der Waals surface area contributed by atoms with Gasteiger partial charge in [-0.1, -0.05) is 13.8 Å². The normalized spacial score (nSPS) is 18.3. The third kappa shape index (κ3) is 8.02. The number of nitrogens with one attached hydrogen (secondary N) is 2. The molecule has 0 bridgehead atoms. The van der Waals surface area contributed by atoms with Crippen molar-refractivity contribution < 1.29 is 4.74 Å². The second kappa shape index (κ2) is 10.9. The van der Waals surface area contributed by atoms with Crippen molar-refractivity contribution in [3.05, 3.63) is 0 Å². The highest BCUT2D eigenvalue weighted by Crippen LogP contribution is 2.26. The third-order valence-electron chi connectivity index (χ3n) is 4.52. The summed E-state index contributed by atoms with van der Waals surface area (Å²) in [5, 5.41) is 6.78. The van der Waals surface area contributed by atoms with Crippen molar-refractivity contribution >= 4 is 5.96 Å². The number of hydrogen-bond donors (Lipinski definition) is 2. The number of ether oxygens (including phenoxy) is 1. The minimum Gasteiger partial charge on any atom is -0.378 e. The van der Waals surface area contributed by atoms with Crippen LogP contribution in [-0.2, 0) is 4.74 Å². The molecule has 0 aromatic rings. The zero-order valence-corrected chi connectivity index (χ0v) is 16.1. The Bertz CT molecular complexity index is 342. The summed E-state index contributed by atoms with van der Waals surface area (Å²) in [6.45, 7) is 14.3. The van der Waals surface area contributed by atoms with Gasteiger partial charge in [0.1, 0.15) is 0 Å². The molecule has 1 saturated carbocycles. The molecule has 1 fully saturated rings. The van der Waals surface area contributed by atoms with Gasteiger partial charge in [0.2, 0.25) is 0 Å². The lowest BCUT2D eigenvalue weighted by atomic mass is 10.0. The first-order chi connectivity index (χ1) is 11.0. The quantitative estimate of drug-likeness (QED) is 0.452. The molecular weight excluding hydrogens is 288 g/mol. The van der Waals surface area contributed by atoms with Crippen LogP contribution in [0.15, 0.2) is 4.99 Å². The van der Waals surface area contributed by atoms with E-state index in [0.29, 0.717) is 18.1 Å². The van der Waals surface area contributed by atoms with Crippen LogP contribution in [0.2, 0.25) is 0 Å². The SMILES string of the molecule is CCNC(=NCC(C)N(C)C1CC1)NCCC(OCC)C(C)C. The molecule has 0 heterocycles. The van der Waals surface area contributed by atoms with Gasteiger partial charge in [0.05, 0.1) is 12.6 Å². The summed E-state index contributed by atoms with van der Waals surface area (Å²) in [5.74, 6) is 1.46. The maximum atomic E-state index is 5.80. The van der Waals surface area contributed by atoms with Crippen molar-refractivity contribution in [1.82, 2.24) is 15.5 Å². The summed E-state index contributed by atoms with van der Waals surface area (Å²) in [6.07, 6.45) is 4.01. The van der Waals surface area contributed by atoms with Gasteiger partial charge in [0.25, 0.3) is 0 Å². The van der Waals surface area contributed by atoms with Crippen molar-refractivity contribution in [2.45, 2.75) is 72.1 Å². The molecule has 0 radical (unpaired) electrons. The monoisotopic (exact) mass is 326 g/mol. The van der Waals surface area contributed by atoms with Crippen LogP contribution >= 0.6 is 0 Å². The Morgan fingerprint density at radius 1 is 1.22 bits per heavy atom. The molecule has 0 spiro atoms. The second-order valence-corrected chi connectivity index (χ2v) is 6.92. The molecule has 1 aliphatic carbocycles. The predicted octanol–water partition coefficient (Wildman–Crippen LogP) is 2.48. The highest BCUT2D eigenvalue weighted by Gasteiger charge is 2.28. The van der Waals surface area contributed by atoms with E-state index < -0.39 is 0 Å². The van der Waals surface area contributed by atoms with E-state index in [0.717, 1.165) is 44.7 Å². The van der Waals surface area contributed by atoms with Crippen molar-refractivity contribution in [3.63, 3.8) is 0 Å². The van der Waals surface area contributed by atoms with Gasteiger partial charge < -0.3 is 15.4 Å². The van der Waals surface area contributed by atoms with Crippen LogP contribution in [0.5, 0.6) is 0 Å². The molecule has 1 rings (SSSR count). The van der Waals surface area contributed by atoms with Crippen LogP contribution in [0.1, 0.15) is 53.9 Å². The first kappa shape index (κ1) is 20.2. The minimum atomic E-state index is 0.315. The highest BCUT2D eigenvalue weighted by atomic mass is 16.5. The molecule has 0 aromatic carbocycles. The Morgan fingerprint density at radius 3 is 2.43 bits per heavy atom. The van der Waals surface area contributed by atoms with Gasteiger partial charge >= 0.3 is 0 Å². The Kier molecular flexibility index (Phi) is 9.56. The van der Waals surface area contributed by atoms with Crippen LogP contribution < -0.4 is 10.6 Å². The Hall–Kier alpha value is -0.810. The molecular formula is C18H38N4O. The van der Waals surface area contributed by atoms with Gasteiger partial charge in [0, 0.05) is 31.8 Å². The first-order valence-corrected chi connectivity index (χ1v) is 9.35. The molecule has 23 heavy (non-hydrogen) atoms. The smallest absolute Gasteiger partial charge is 0.191 e. The van der Waals surface area contributed by atoms with E-state index in [1.807, 2.05) is 0 Å². The number of hydrogen-bond acceptors (Lipinski definition) is 3. The Balaban J connectivity index is 2.38. The van der Waals surface area contributed by atoms with Crippen molar-refractivity contribution in [1.29, 1.82) is 0 Å². The van der Waals surface area contributed by atoms with Gasteiger partial charge in [-0.05, 0) is 53.0 Å². The molecule has 136 valence electrons. The van der Waals surface area contributed by atoms with Crippen LogP contribution in [-0.4, -0.2) is 62.3 Å². The van der Waals surface area contributed by atoms with Gasteiger partial charge in [0.15, 0.2) is 5.96 Å². The molecule has 5 heteroatoms. The number of aliphatic imine (C=N–C) groups is 1. The fraction of sp³-hybridized carbons (Fsp3) is 0.944. The van der Waals surface area contributed by atoms with E-state index in [-0.39, 0.29) is 0 Å². The summed E-state index contributed by atoms with van der Waals surface area (Å²) in [7, 11) is 2.22. The summed E-state index contributed by atoms with van der Waals surface area (Å²) in [4.78, 5) is 7.20. The fourth-order valence-electron chi connectivity index (χ4n) is 2.69. The molecule has 0 saturated heterocycles. The Morgan fingerprint density at radius 2 is 1.91 bits per heavy atom. The van der Waals surface area contributed by atoms with E-state index in [1.165, 1.54) is 12.8 Å². The Labute approximate surface area is 143 Å². The van der Waals surface area contributed by atoms with Gasteiger partial charge in [-0.25, -0.2) is 0 Å². The minimum absolute atomic E-state index is 0.315. The second-order valence-electron chi connectivity index (χ2n) is 6.92. The number of likely N-dealkylation sites (N-methyl/N-ethyl adjacent to an activating group) is 1. The molecule has 1 aliphatic rings. The molecule has 0 aromatic heterocycles. The lowest BCUT2D eigenvalue weighted by Crippen LogP contribution is -2.41. The molecule has 0 amide bonds. The van der Waals surface area contributed by atoms with Crippen LogP contribution in [0.25, 0.3) is 0 Å². The average Bonchev–Trinajstić information content (AvgIpc) is 3.35. The van der Waals surface area contributed by atoms with E-state index >= 15 is 0 Å². The van der Waals surface area contributed by atoms with E-state index in [1.54, 1.807) is 0 Å². The predicted molar refractivity (Wildman–Crippen MR) is 99.1 cm³/mol. The largest absolute Gasteiger partial charge is 0.378 e.